The van der Waals surface area contributed by atoms with Gasteiger partial charge in [0.05, 0.1) is 0 Å². The van der Waals surface area contributed by atoms with Crippen molar-refractivity contribution >= 4 is 16.3 Å². The van der Waals surface area contributed by atoms with Gasteiger partial charge in [-0.15, -0.1) is 0 Å². The topological polar surface area (TPSA) is 0 Å². The van der Waals surface area contributed by atoms with Gasteiger partial charge in [-0.05, 0) is 45.7 Å². The average Bonchev–Trinajstić information content (AvgIpc) is 2.74. The number of rotatable bonds is 1. The van der Waals surface area contributed by atoms with E-state index in [-0.39, 0.29) is 5.41 Å². The molecule has 0 fully saturated rings. The highest BCUT2D eigenvalue weighted by Crippen LogP contribution is 2.39. The second-order valence-electron chi connectivity index (χ2n) is 7.25. The van der Waals surface area contributed by atoms with Crippen LogP contribution in [-0.4, -0.2) is 10.2 Å². The van der Waals surface area contributed by atoms with Crippen LogP contribution in [0.5, 0.6) is 0 Å². The summed E-state index contributed by atoms with van der Waals surface area (Å²) in [6.45, 7) is 9.06. The Labute approximate surface area is 131 Å². The van der Waals surface area contributed by atoms with Crippen LogP contribution >= 0.6 is 0 Å². The zero-order valence-corrected chi connectivity index (χ0v) is 15.7. The summed E-state index contributed by atoms with van der Waals surface area (Å²) in [5.74, 6) is 0. The van der Waals surface area contributed by atoms with E-state index in [0.29, 0.717) is 5.54 Å². The van der Waals surface area contributed by atoms with Crippen molar-refractivity contribution < 1.29 is 0 Å². The molecule has 0 nitrogen and oxygen atoms in total. The minimum atomic E-state index is 0.216. The van der Waals surface area contributed by atoms with Gasteiger partial charge in [-0.25, -0.2) is 0 Å². The zero-order chi connectivity index (χ0) is 15.2. The van der Waals surface area contributed by atoms with E-state index >= 15 is 0 Å². The monoisotopic (exact) mass is 292 g/mol. The molecule has 1 heteroatoms. The molecule has 0 amide bonds. The van der Waals surface area contributed by atoms with Crippen LogP contribution in [0.3, 0.4) is 0 Å². The lowest BCUT2D eigenvalue weighted by Crippen LogP contribution is -2.10. The molecule has 0 saturated heterocycles. The maximum Gasteiger partial charge on any atom is 0.0174 e. The molecule has 108 valence electrons. The third kappa shape index (κ3) is 2.51. The quantitative estimate of drug-likeness (QED) is 0.680. The molecule has 2 aromatic rings. The molecule has 0 saturated carbocycles. The van der Waals surface area contributed by atoms with Gasteiger partial charge in [0.15, 0.2) is 0 Å². The van der Waals surface area contributed by atoms with Gasteiger partial charge in [-0.3, -0.25) is 0 Å². The lowest BCUT2D eigenvalue weighted by atomic mass is 9.86. The van der Waals surface area contributed by atoms with Gasteiger partial charge >= 0.3 is 0 Å². The summed E-state index contributed by atoms with van der Waals surface area (Å²) in [7, 11) is 1.20. The third-order valence-corrected chi connectivity index (χ3v) is 6.26. The highest BCUT2D eigenvalue weighted by atomic mass is 28.1. The van der Waals surface area contributed by atoms with Crippen molar-refractivity contribution in [3.8, 4) is 11.1 Å². The first kappa shape index (κ1) is 14.3. The molecule has 0 bridgehead atoms. The predicted octanol–water partition coefficient (Wildman–Crippen LogP) is 4.47. The first-order chi connectivity index (χ1) is 9.88. The second-order valence-corrected chi connectivity index (χ2v) is 8.40. The van der Waals surface area contributed by atoms with Crippen LogP contribution in [-0.2, 0) is 5.41 Å². The van der Waals surface area contributed by atoms with Crippen LogP contribution in [0.25, 0.3) is 17.2 Å². The average molecular weight is 292 g/mol. The molecule has 3 rings (SSSR count). The van der Waals surface area contributed by atoms with Crippen molar-refractivity contribution in [2.45, 2.75) is 38.7 Å². The molecule has 0 aliphatic heterocycles. The van der Waals surface area contributed by atoms with Crippen LogP contribution in [0.2, 0.25) is 0 Å². The molecule has 21 heavy (non-hydrogen) atoms. The molecule has 2 aromatic carbocycles. The van der Waals surface area contributed by atoms with E-state index in [1.165, 1.54) is 43.6 Å². The fourth-order valence-corrected chi connectivity index (χ4v) is 3.79. The van der Waals surface area contributed by atoms with E-state index in [1.807, 2.05) is 0 Å². The van der Waals surface area contributed by atoms with Crippen molar-refractivity contribution in [1.82, 2.24) is 0 Å². The maximum absolute atomic E-state index is 2.39. The smallest absolute Gasteiger partial charge is 0.0174 e. The number of benzene rings is 2. The summed E-state index contributed by atoms with van der Waals surface area (Å²) >= 11 is 0. The number of hydrogen-bond donors (Lipinski definition) is 0. The molecule has 1 aliphatic rings. The molecule has 0 heterocycles. The van der Waals surface area contributed by atoms with E-state index in [2.05, 4.69) is 76.2 Å². The Morgan fingerprint density at radius 1 is 0.952 bits per heavy atom. The minimum absolute atomic E-state index is 0.216. The Morgan fingerprint density at radius 2 is 1.62 bits per heavy atom. The molecule has 1 unspecified atom stereocenters. The Balaban J connectivity index is 2.07. The Kier molecular flexibility index (Phi) is 3.41. The maximum atomic E-state index is 2.39. The molecular weight excluding hydrogens is 268 g/mol. The summed E-state index contributed by atoms with van der Waals surface area (Å²) in [4.78, 5) is 0. The van der Waals surface area contributed by atoms with Gasteiger partial charge in [-0.1, -0.05) is 74.9 Å². The highest BCUT2D eigenvalue weighted by molar-refractivity contribution is 6.16. The summed E-state index contributed by atoms with van der Waals surface area (Å²) in [6, 6.07) is 15.9. The number of hydrogen-bond acceptors (Lipinski definition) is 0. The molecule has 0 N–H and O–H groups in total. The van der Waals surface area contributed by atoms with Crippen LogP contribution in [0.15, 0.2) is 48.0 Å². The van der Waals surface area contributed by atoms with E-state index < -0.39 is 0 Å². The largest absolute Gasteiger partial charge is 0.0689 e. The lowest BCUT2D eigenvalue weighted by molar-refractivity contribution is 0.590. The summed E-state index contributed by atoms with van der Waals surface area (Å²) in [5, 5.41) is 0. The number of allylic oxidation sites excluding steroid dienone is 1. The molecule has 1 aliphatic carbocycles. The zero-order valence-electron chi connectivity index (χ0n) is 13.7. The van der Waals surface area contributed by atoms with Gasteiger partial charge in [0.1, 0.15) is 0 Å². The fourth-order valence-electron chi connectivity index (χ4n) is 3.12. The van der Waals surface area contributed by atoms with Gasteiger partial charge in [0.25, 0.3) is 0 Å². The van der Waals surface area contributed by atoms with Crippen molar-refractivity contribution in [2.75, 3.05) is 0 Å². The van der Waals surface area contributed by atoms with Gasteiger partial charge in [0.2, 0.25) is 0 Å². The van der Waals surface area contributed by atoms with Gasteiger partial charge in [0, 0.05) is 10.2 Å². The summed E-state index contributed by atoms with van der Waals surface area (Å²) in [5.41, 5.74) is 9.50. The molecular formula is C20H24Si. The van der Waals surface area contributed by atoms with Crippen molar-refractivity contribution in [3.63, 3.8) is 0 Å². The van der Waals surface area contributed by atoms with Gasteiger partial charge in [-0.2, -0.15) is 0 Å². The Bertz CT molecular complexity index is 700. The number of fused-ring (bicyclic) bond motifs is 1. The minimum Gasteiger partial charge on any atom is -0.0689 e. The van der Waals surface area contributed by atoms with E-state index in [0.717, 1.165) is 0 Å². The van der Waals surface area contributed by atoms with E-state index in [4.69, 9.17) is 0 Å². The lowest BCUT2D eigenvalue weighted by Gasteiger charge is -2.19. The SMILES string of the molecule is CC1=Cc2c(-c3ccc(C(C)(C)C)cc3)cccc2C1[SiH3]. The predicted molar refractivity (Wildman–Crippen MR) is 96.9 cm³/mol. The molecule has 0 spiro atoms. The summed E-state index contributed by atoms with van der Waals surface area (Å²) in [6.07, 6.45) is 2.39. The van der Waals surface area contributed by atoms with Crippen LogP contribution < -0.4 is 0 Å². The van der Waals surface area contributed by atoms with Crippen molar-refractivity contribution in [1.29, 1.82) is 0 Å². The second kappa shape index (κ2) is 4.99. The molecule has 0 radical (unpaired) electrons. The van der Waals surface area contributed by atoms with E-state index in [9.17, 15) is 0 Å². The van der Waals surface area contributed by atoms with Crippen LogP contribution in [0.1, 0.15) is 49.9 Å². The third-order valence-electron chi connectivity index (χ3n) is 4.72. The normalized spacial score (nSPS) is 17.7. The van der Waals surface area contributed by atoms with Crippen LogP contribution in [0, 0.1) is 0 Å². The Morgan fingerprint density at radius 3 is 2.24 bits per heavy atom. The van der Waals surface area contributed by atoms with Gasteiger partial charge < -0.3 is 0 Å². The van der Waals surface area contributed by atoms with E-state index in [1.54, 1.807) is 0 Å². The Hall–Kier alpha value is -1.60. The summed E-state index contributed by atoms with van der Waals surface area (Å²) < 4.78 is 0. The first-order valence-corrected chi connectivity index (χ1v) is 8.95. The highest BCUT2D eigenvalue weighted by Gasteiger charge is 2.21. The molecule has 1 atom stereocenters. The van der Waals surface area contributed by atoms with Crippen molar-refractivity contribution in [3.05, 3.63) is 64.7 Å². The molecule has 0 aromatic heterocycles. The fraction of sp³-hybridized carbons (Fsp3) is 0.300. The first-order valence-electron chi connectivity index (χ1n) is 7.80. The van der Waals surface area contributed by atoms with Crippen LogP contribution in [0.4, 0.5) is 0 Å². The van der Waals surface area contributed by atoms with Crippen molar-refractivity contribution in [2.24, 2.45) is 0 Å². The standard InChI is InChI=1S/C20H24Si/c1-13-12-18-16(6-5-7-17(18)19(13)21)14-8-10-15(11-9-14)20(2,3)4/h5-12,19H,1-4,21H3.